The minimum Gasteiger partial charge on any atom is -0.335 e. The Morgan fingerprint density at radius 3 is 2.89 bits per heavy atom. The van der Waals surface area contributed by atoms with E-state index in [0.29, 0.717) is 6.42 Å². The monoisotopic (exact) mass is 280 g/mol. The van der Waals surface area contributed by atoms with Crippen molar-refractivity contribution >= 4 is 17.2 Å². The van der Waals surface area contributed by atoms with Crippen LogP contribution in [-0.2, 0) is 11.2 Å². The molecule has 4 heteroatoms. The van der Waals surface area contributed by atoms with E-state index in [4.69, 9.17) is 5.73 Å². The molecule has 2 atom stereocenters. The lowest BCUT2D eigenvalue weighted by Crippen LogP contribution is -2.44. The molecule has 0 saturated heterocycles. The zero-order chi connectivity index (χ0) is 14.2. The van der Waals surface area contributed by atoms with Crippen LogP contribution >= 0.6 is 11.3 Å². The molecule has 106 valence electrons. The molecule has 0 radical (unpaired) electrons. The molecular weight excluding hydrogens is 256 g/mol. The van der Waals surface area contributed by atoms with Crippen LogP contribution in [0.15, 0.2) is 11.4 Å². The molecular formula is C15H24N2OS. The summed E-state index contributed by atoms with van der Waals surface area (Å²) >= 11 is 1.80. The largest absolute Gasteiger partial charge is 0.335 e. The molecule has 2 unspecified atom stereocenters. The van der Waals surface area contributed by atoms with Crippen molar-refractivity contribution in [1.29, 1.82) is 0 Å². The van der Waals surface area contributed by atoms with Crippen LogP contribution in [-0.4, -0.2) is 23.4 Å². The first-order chi connectivity index (χ1) is 8.80. The van der Waals surface area contributed by atoms with Crippen LogP contribution < -0.4 is 5.73 Å². The lowest BCUT2D eigenvalue weighted by molar-refractivity contribution is -0.134. The maximum absolute atomic E-state index is 12.4. The molecule has 19 heavy (non-hydrogen) atoms. The second-order valence-corrected chi connectivity index (χ2v) is 7.49. The van der Waals surface area contributed by atoms with Gasteiger partial charge in [0.2, 0.25) is 5.91 Å². The topological polar surface area (TPSA) is 46.3 Å². The van der Waals surface area contributed by atoms with E-state index in [0.717, 1.165) is 13.0 Å². The molecule has 1 aliphatic rings. The highest BCUT2D eigenvalue weighted by atomic mass is 32.1. The first kappa shape index (κ1) is 14.5. The standard InChI is InChI=1S/C15H24N2OS/c1-10-11-6-8-19-12(11)5-7-17(10)14(18)9-13(16)15(2,3)4/h6,8,10,13H,5,7,9,16H2,1-4H3. The van der Waals surface area contributed by atoms with E-state index in [9.17, 15) is 4.79 Å². The summed E-state index contributed by atoms with van der Waals surface area (Å²) in [5, 5.41) is 2.12. The fourth-order valence-corrected chi connectivity index (χ4v) is 3.42. The zero-order valence-electron chi connectivity index (χ0n) is 12.3. The molecule has 0 aromatic carbocycles. The van der Waals surface area contributed by atoms with Gasteiger partial charge >= 0.3 is 0 Å². The molecule has 2 heterocycles. The van der Waals surface area contributed by atoms with Gasteiger partial charge in [0.1, 0.15) is 0 Å². The van der Waals surface area contributed by atoms with Gasteiger partial charge < -0.3 is 10.6 Å². The third-order valence-corrected chi connectivity index (χ3v) is 5.10. The van der Waals surface area contributed by atoms with Crippen molar-refractivity contribution in [1.82, 2.24) is 4.90 Å². The van der Waals surface area contributed by atoms with Crippen molar-refractivity contribution in [2.24, 2.45) is 11.1 Å². The molecule has 1 aromatic heterocycles. The Kier molecular flexibility index (Phi) is 4.02. The summed E-state index contributed by atoms with van der Waals surface area (Å²) in [4.78, 5) is 15.9. The summed E-state index contributed by atoms with van der Waals surface area (Å²) in [7, 11) is 0. The molecule has 0 bridgehead atoms. The lowest BCUT2D eigenvalue weighted by Gasteiger charge is -2.36. The van der Waals surface area contributed by atoms with Crippen molar-refractivity contribution in [3.8, 4) is 0 Å². The second-order valence-electron chi connectivity index (χ2n) is 6.49. The number of fused-ring (bicyclic) bond motifs is 1. The Hall–Kier alpha value is -0.870. The highest BCUT2D eigenvalue weighted by Crippen LogP contribution is 2.33. The number of amides is 1. The predicted molar refractivity (Wildman–Crippen MR) is 80.2 cm³/mol. The van der Waals surface area contributed by atoms with Crippen LogP contribution in [0.3, 0.4) is 0 Å². The Morgan fingerprint density at radius 2 is 2.26 bits per heavy atom. The van der Waals surface area contributed by atoms with Gasteiger partial charge in [-0.1, -0.05) is 20.8 Å². The van der Waals surface area contributed by atoms with Gasteiger partial charge in [-0.15, -0.1) is 11.3 Å². The molecule has 1 amide bonds. The quantitative estimate of drug-likeness (QED) is 0.905. The Morgan fingerprint density at radius 1 is 1.58 bits per heavy atom. The van der Waals surface area contributed by atoms with Gasteiger partial charge in [-0.25, -0.2) is 0 Å². The van der Waals surface area contributed by atoms with E-state index < -0.39 is 0 Å². The highest BCUT2D eigenvalue weighted by molar-refractivity contribution is 7.10. The van der Waals surface area contributed by atoms with Crippen LogP contribution in [0.4, 0.5) is 0 Å². The number of carbonyl (C=O) groups excluding carboxylic acids is 1. The number of thiophene rings is 1. The third kappa shape index (κ3) is 3.00. The molecule has 0 fully saturated rings. The molecule has 0 aliphatic carbocycles. The van der Waals surface area contributed by atoms with Crippen molar-refractivity contribution in [2.45, 2.75) is 52.6 Å². The molecule has 0 saturated carbocycles. The van der Waals surface area contributed by atoms with Crippen molar-refractivity contribution < 1.29 is 4.79 Å². The van der Waals surface area contributed by atoms with E-state index in [1.165, 1.54) is 10.4 Å². The lowest BCUT2D eigenvalue weighted by atomic mass is 9.85. The SMILES string of the molecule is CC1c2ccsc2CCN1C(=O)CC(N)C(C)(C)C. The van der Waals surface area contributed by atoms with E-state index in [1.807, 2.05) is 4.90 Å². The van der Waals surface area contributed by atoms with Gasteiger partial charge in [-0.2, -0.15) is 0 Å². The van der Waals surface area contributed by atoms with Crippen molar-refractivity contribution in [3.05, 3.63) is 21.9 Å². The number of hydrogen-bond donors (Lipinski definition) is 1. The van der Waals surface area contributed by atoms with Crippen LogP contribution in [0.1, 0.15) is 50.6 Å². The maximum Gasteiger partial charge on any atom is 0.224 e. The van der Waals surface area contributed by atoms with Gasteiger partial charge in [-0.3, -0.25) is 4.79 Å². The van der Waals surface area contributed by atoms with Crippen molar-refractivity contribution in [3.63, 3.8) is 0 Å². The number of carbonyl (C=O) groups is 1. The van der Waals surface area contributed by atoms with E-state index >= 15 is 0 Å². The zero-order valence-corrected chi connectivity index (χ0v) is 13.1. The molecule has 1 aromatic rings. The second kappa shape index (κ2) is 5.25. The van der Waals surface area contributed by atoms with Gasteiger partial charge in [-0.05, 0) is 35.8 Å². The number of rotatable bonds is 2. The summed E-state index contributed by atoms with van der Waals surface area (Å²) in [5.41, 5.74) is 7.42. The van der Waals surface area contributed by atoms with Crippen LogP contribution in [0, 0.1) is 5.41 Å². The first-order valence-electron chi connectivity index (χ1n) is 6.92. The fraction of sp³-hybridized carbons (Fsp3) is 0.667. The summed E-state index contributed by atoms with van der Waals surface area (Å²) < 4.78 is 0. The predicted octanol–water partition coefficient (Wildman–Crippen LogP) is 2.96. The van der Waals surface area contributed by atoms with Gasteiger partial charge in [0.15, 0.2) is 0 Å². The third-order valence-electron chi connectivity index (χ3n) is 4.10. The smallest absolute Gasteiger partial charge is 0.224 e. The Bertz CT molecular complexity index is 461. The Balaban J connectivity index is 2.06. The molecule has 3 nitrogen and oxygen atoms in total. The summed E-state index contributed by atoms with van der Waals surface area (Å²) in [6.07, 6.45) is 1.42. The van der Waals surface area contributed by atoms with Gasteiger partial charge in [0, 0.05) is 23.9 Å². The van der Waals surface area contributed by atoms with Crippen LogP contribution in [0.2, 0.25) is 0 Å². The number of nitrogens with two attached hydrogens (primary N) is 1. The average Bonchev–Trinajstić information content (AvgIpc) is 2.76. The summed E-state index contributed by atoms with van der Waals surface area (Å²) in [5.74, 6) is 0.187. The maximum atomic E-state index is 12.4. The molecule has 2 rings (SSSR count). The minimum absolute atomic E-state index is 0.0256. The summed E-state index contributed by atoms with van der Waals surface area (Å²) in [6, 6.07) is 2.25. The first-order valence-corrected chi connectivity index (χ1v) is 7.80. The van der Waals surface area contributed by atoms with Crippen LogP contribution in [0.25, 0.3) is 0 Å². The van der Waals surface area contributed by atoms with Gasteiger partial charge in [0.25, 0.3) is 0 Å². The van der Waals surface area contributed by atoms with E-state index in [1.54, 1.807) is 11.3 Å². The molecule has 1 aliphatic heterocycles. The van der Waals surface area contributed by atoms with Crippen molar-refractivity contribution in [2.75, 3.05) is 6.54 Å². The minimum atomic E-state index is -0.0870. The molecule has 2 N–H and O–H groups in total. The van der Waals surface area contributed by atoms with Crippen LogP contribution in [0.5, 0.6) is 0 Å². The average molecular weight is 280 g/mol. The molecule has 0 spiro atoms. The summed E-state index contributed by atoms with van der Waals surface area (Å²) in [6.45, 7) is 9.19. The normalized spacial score (nSPS) is 21.1. The fourth-order valence-electron chi connectivity index (χ4n) is 2.46. The van der Waals surface area contributed by atoms with E-state index in [-0.39, 0.29) is 23.4 Å². The number of nitrogens with zero attached hydrogens (tertiary/aromatic N) is 1. The highest BCUT2D eigenvalue weighted by Gasteiger charge is 2.31. The van der Waals surface area contributed by atoms with Gasteiger partial charge in [0.05, 0.1) is 6.04 Å². The number of hydrogen-bond acceptors (Lipinski definition) is 3. The Labute approximate surface area is 119 Å². The van der Waals surface area contributed by atoms with E-state index in [2.05, 4.69) is 39.1 Å².